The first-order valence-electron chi connectivity index (χ1n) is 10.1. The molecule has 0 aliphatic rings. The second kappa shape index (κ2) is 11.8. The summed E-state index contributed by atoms with van der Waals surface area (Å²) in [5.74, 6) is 0.669. The third-order valence-electron chi connectivity index (χ3n) is 4.89. The average Bonchev–Trinajstić information content (AvgIpc) is 3.19. The molecule has 0 atom stereocenters. The van der Waals surface area contributed by atoms with E-state index in [1.54, 1.807) is 27.7 Å². The van der Waals surface area contributed by atoms with Gasteiger partial charge < -0.3 is 14.4 Å². The molecule has 0 unspecified atom stereocenters. The maximum atomic E-state index is 12.6. The molecule has 1 heterocycles. The molecule has 0 saturated heterocycles. The van der Waals surface area contributed by atoms with Gasteiger partial charge in [0.2, 0.25) is 15.9 Å². The largest absolute Gasteiger partial charge is 0.354 e. The van der Waals surface area contributed by atoms with Crippen molar-refractivity contribution in [2.45, 2.75) is 36.7 Å². The Labute approximate surface area is 193 Å². The Balaban J connectivity index is 2.44. The number of carbonyl (C=O) groups excluding carboxylic acids is 1. The molecule has 0 radical (unpaired) electrons. The molecule has 1 aromatic carbocycles. The predicted molar refractivity (Wildman–Crippen MR) is 123 cm³/mol. The highest BCUT2D eigenvalue weighted by Gasteiger charge is 2.22. The molecule has 178 valence electrons. The normalized spacial score (nSPS) is 12.0. The highest BCUT2D eigenvalue weighted by Crippen LogP contribution is 2.27. The molecule has 0 aliphatic carbocycles. The number of benzene rings is 1. The van der Waals surface area contributed by atoms with Crippen molar-refractivity contribution in [2.75, 3.05) is 47.2 Å². The molecule has 0 bridgehead atoms. The lowest BCUT2D eigenvalue weighted by atomic mass is 10.2. The molecule has 1 amide bonds. The van der Waals surface area contributed by atoms with Crippen LogP contribution in [0.3, 0.4) is 0 Å². The third-order valence-corrected chi connectivity index (χ3v) is 7.65. The van der Waals surface area contributed by atoms with Crippen molar-refractivity contribution < 1.29 is 22.7 Å². The topological polar surface area (TPSA) is 107 Å². The van der Waals surface area contributed by atoms with Gasteiger partial charge in [-0.1, -0.05) is 23.9 Å². The van der Waals surface area contributed by atoms with Crippen LogP contribution in [0.4, 0.5) is 0 Å². The molecule has 2 aromatic rings. The average molecular weight is 486 g/mol. The van der Waals surface area contributed by atoms with E-state index in [-0.39, 0.29) is 23.1 Å². The summed E-state index contributed by atoms with van der Waals surface area (Å²) < 4.78 is 38.8. The number of ether oxygens (including phenoxy) is 2. The lowest BCUT2D eigenvalue weighted by Crippen LogP contribution is -2.32. The summed E-state index contributed by atoms with van der Waals surface area (Å²) in [6, 6.07) is 6.51. The lowest BCUT2D eigenvalue weighted by molar-refractivity contribution is -0.127. The van der Waals surface area contributed by atoms with Crippen molar-refractivity contribution in [1.82, 2.24) is 24.0 Å². The first-order chi connectivity index (χ1) is 15.2. The molecule has 32 heavy (non-hydrogen) atoms. The standard InChI is InChI=1S/C20H31N5O5S2/c1-7-24(8-2)17(26)14-31-20-22-21-19(25(20)13-18(29-5)30-6)15-10-9-11-16(12-15)32(27,28)23(3)4/h9-12,18H,7-8,13-14H2,1-6H3. The molecule has 1 aromatic heterocycles. The zero-order valence-electron chi connectivity index (χ0n) is 19.3. The van der Waals surface area contributed by atoms with Gasteiger partial charge >= 0.3 is 0 Å². The van der Waals surface area contributed by atoms with Gasteiger partial charge in [0.25, 0.3) is 0 Å². The molecule has 0 N–H and O–H groups in total. The van der Waals surface area contributed by atoms with Crippen LogP contribution in [0.2, 0.25) is 0 Å². The quantitative estimate of drug-likeness (QED) is 0.331. The van der Waals surface area contributed by atoms with Crippen molar-refractivity contribution in [1.29, 1.82) is 0 Å². The summed E-state index contributed by atoms with van der Waals surface area (Å²) in [4.78, 5) is 14.3. The number of methoxy groups -OCH3 is 2. The van der Waals surface area contributed by atoms with E-state index in [4.69, 9.17) is 9.47 Å². The monoisotopic (exact) mass is 485 g/mol. The third kappa shape index (κ3) is 6.07. The number of hydrogen-bond donors (Lipinski definition) is 0. The van der Waals surface area contributed by atoms with Gasteiger partial charge in [0, 0.05) is 47.0 Å². The van der Waals surface area contributed by atoms with E-state index in [2.05, 4.69) is 10.2 Å². The lowest BCUT2D eigenvalue weighted by Gasteiger charge is -2.19. The van der Waals surface area contributed by atoms with E-state index in [0.717, 1.165) is 4.31 Å². The van der Waals surface area contributed by atoms with Crippen LogP contribution in [0, 0.1) is 0 Å². The Bertz CT molecular complexity index is 1000. The van der Waals surface area contributed by atoms with Gasteiger partial charge in [-0.15, -0.1) is 10.2 Å². The predicted octanol–water partition coefficient (Wildman–Crippen LogP) is 1.77. The fourth-order valence-corrected chi connectivity index (χ4v) is 4.77. The summed E-state index contributed by atoms with van der Waals surface area (Å²) in [6.45, 7) is 5.40. The van der Waals surface area contributed by atoms with Crippen molar-refractivity contribution in [3.8, 4) is 11.4 Å². The zero-order valence-corrected chi connectivity index (χ0v) is 20.9. The summed E-state index contributed by atoms with van der Waals surface area (Å²) in [7, 11) is 2.40. The molecule has 2 rings (SSSR count). The number of thioether (sulfide) groups is 1. The summed E-state index contributed by atoms with van der Waals surface area (Å²) in [6.07, 6.45) is -0.573. The van der Waals surface area contributed by atoms with E-state index >= 15 is 0 Å². The molecular weight excluding hydrogens is 454 g/mol. The second-order valence-electron chi connectivity index (χ2n) is 6.99. The van der Waals surface area contributed by atoms with Crippen LogP contribution in [0.25, 0.3) is 11.4 Å². The van der Waals surface area contributed by atoms with Crippen LogP contribution < -0.4 is 0 Å². The van der Waals surface area contributed by atoms with Gasteiger partial charge in [-0.25, -0.2) is 12.7 Å². The van der Waals surface area contributed by atoms with Crippen LogP contribution in [-0.4, -0.2) is 91.7 Å². The summed E-state index contributed by atoms with van der Waals surface area (Å²) in [5.41, 5.74) is 0.577. The Morgan fingerprint density at radius 3 is 2.38 bits per heavy atom. The first kappa shape index (κ1) is 26.3. The minimum atomic E-state index is -3.61. The Hall–Kier alpha value is -1.99. The molecule has 12 heteroatoms. The molecule has 0 aliphatic heterocycles. The minimum absolute atomic E-state index is 0.00482. The number of carbonyl (C=O) groups is 1. The van der Waals surface area contributed by atoms with Gasteiger partial charge in [0.05, 0.1) is 17.2 Å². The zero-order chi connectivity index (χ0) is 23.9. The highest BCUT2D eigenvalue weighted by molar-refractivity contribution is 7.99. The highest BCUT2D eigenvalue weighted by atomic mass is 32.2. The Kier molecular flexibility index (Phi) is 9.64. The Morgan fingerprint density at radius 2 is 1.81 bits per heavy atom. The van der Waals surface area contributed by atoms with Crippen LogP contribution in [0.1, 0.15) is 13.8 Å². The van der Waals surface area contributed by atoms with E-state index in [1.807, 2.05) is 13.8 Å². The van der Waals surface area contributed by atoms with Crippen molar-refractivity contribution >= 4 is 27.7 Å². The summed E-state index contributed by atoms with van der Waals surface area (Å²) >= 11 is 1.27. The molecule has 0 saturated carbocycles. The van der Waals surface area contributed by atoms with Gasteiger partial charge in [-0.3, -0.25) is 9.36 Å². The van der Waals surface area contributed by atoms with E-state index in [1.165, 1.54) is 46.1 Å². The second-order valence-corrected chi connectivity index (χ2v) is 10.1. The van der Waals surface area contributed by atoms with Crippen LogP contribution in [0.5, 0.6) is 0 Å². The van der Waals surface area contributed by atoms with Crippen LogP contribution >= 0.6 is 11.8 Å². The maximum absolute atomic E-state index is 12.6. The number of aromatic nitrogens is 3. The molecule has 0 spiro atoms. The summed E-state index contributed by atoms with van der Waals surface area (Å²) in [5, 5.41) is 9.06. The number of rotatable bonds is 12. The molecule has 10 nitrogen and oxygen atoms in total. The van der Waals surface area contributed by atoms with Crippen LogP contribution in [0.15, 0.2) is 34.3 Å². The Morgan fingerprint density at radius 1 is 1.16 bits per heavy atom. The van der Waals surface area contributed by atoms with E-state index in [0.29, 0.717) is 29.6 Å². The van der Waals surface area contributed by atoms with Crippen molar-refractivity contribution in [2.24, 2.45) is 0 Å². The van der Waals surface area contributed by atoms with Crippen molar-refractivity contribution in [3.05, 3.63) is 24.3 Å². The van der Waals surface area contributed by atoms with Gasteiger partial charge in [-0.2, -0.15) is 0 Å². The smallest absolute Gasteiger partial charge is 0.242 e. The molecule has 0 fully saturated rings. The fourth-order valence-electron chi connectivity index (χ4n) is 2.97. The van der Waals surface area contributed by atoms with Gasteiger partial charge in [0.1, 0.15) is 0 Å². The van der Waals surface area contributed by atoms with Gasteiger partial charge in [0.15, 0.2) is 17.3 Å². The first-order valence-corrected chi connectivity index (χ1v) is 12.5. The van der Waals surface area contributed by atoms with Crippen LogP contribution in [-0.2, 0) is 30.8 Å². The fraction of sp³-hybridized carbons (Fsp3) is 0.550. The maximum Gasteiger partial charge on any atom is 0.242 e. The number of hydrogen-bond acceptors (Lipinski definition) is 8. The minimum Gasteiger partial charge on any atom is -0.354 e. The molecular formula is C20H31N5O5S2. The van der Waals surface area contributed by atoms with E-state index in [9.17, 15) is 13.2 Å². The van der Waals surface area contributed by atoms with Crippen molar-refractivity contribution in [3.63, 3.8) is 0 Å². The number of sulfonamides is 1. The SMILES string of the molecule is CCN(CC)C(=O)CSc1nnc(-c2cccc(S(=O)(=O)N(C)C)c2)n1CC(OC)OC. The van der Waals surface area contributed by atoms with E-state index < -0.39 is 16.3 Å². The number of nitrogens with zero attached hydrogens (tertiary/aromatic N) is 5. The van der Waals surface area contributed by atoms with Gasteiger partial charge in [-0.05, 0) is 26.0 Å². The number of amides is 1.